The molecule has 2 unspecified atom stereocenters. The average Bonchev–Trinajstić information content (AvgIpc) is 3.16. The summed E-state index contributed by atoms with van der Waals surface area (Å²) < 4.78 is 37.9. The van der Waals surface area contributed by atoms with Gasteiger partial charge in [-0.15, -0.1) is 0 Å². The summed E-state index contributed by atoms with van der Waals surface area (Å²) >= 11 is 0. The summed E-state index contributed by atoms with van der Waals surface area (Å²) in [4.78, 5) is 62.5. The van der Waals surface area contributed by atoms with Crippen molar-refractivity contribution in [1.82, 2.24) is 10.6 Å². The maximum absolute atomic E-state index is 13.8. The molecule has 0 radical (unpaired) electrons. The Hall–Kier alpha value is -4.35. The lowest BCUT2D eigenvalue weighted by atomic mass is 10.0. The van der Waals surface area contributed by atoms with Crippen LogP contribution in [0.1, 0.15) is 36.2 Å². The van der Waals surface area contributed by atoms with Crippen LogP contribution in [-0.4, -0.2) is 59.3 Å². The number of ketones is 2. The highest BCUT2D eigenvalue weighted by Crippen LogP contribution is 2.29. The van der Waals surface area contributed by atoms with Gasteiger partial charge in [0, 0.05) is 0 Å². The molecule has 0 saturated carbocycles. The Morgan fingerprint density at radius 2 is 1.74 bits per heavy atom. The lowest BCUT2D eigenvalue weighted by Crippen LogP contribution is -2.57. The first-order valence-corrected chi connectivity index (χ1v) is 11.6. The zero-order chi connectivity index (χ0) is 28.1. The van der Waals surface area contributed by atoms with Gasteiger partial charge < -0.3 is 25.2 Å². The molecule has 1 aliphatic heterocycles. The number of carboxylic acids is 1. The smallest absolute Gasteiger partial charge is 0.305 e. The van der Waals surface area contributed by atoms with E-state index in [-0.39, 0.29) is 11.3 Å². The Bertz CT molecular complexity index is 1260. The van der Waals surface area contributed by atoms with Crippen LogP contribution in [0.2, 0.25) is 0 Å². The van der Waals surface area contributed by atoms with Gasteiger partial charge in [-0.05, 0) is 37.1 Å². The number of rotatable bonds is 11. The number of Topliss-reactive ketones (excluding diaryl/α,β-unsaturated/α-hetero) is 2. The minimum atomic E-state index is -1.63. The Morgan fingerprint density at radius 3 is 2.34 bits per heavy atom. The van der Waals surface area contributed by atoms with Crippen molar-refractivity contribution in [1.29, 1.82) is 0 Å². The molecule has 2 amide bonds. The van der Waals surface area contributed by atoms with Crippen LogP contribution in [0.25, 0.3) is 0 Å². The molecule has 1 aliphatic rings. The molecule has 0 bridgehead atoms. The fourth-order valence-electron chi connectivity index (χ4n) is 3.74. The number of nitrogens with one attached hydrogen (secondary N) is 2. The van der Waals surface area contributed by atoms with Crippen LogP contribution >= 0.6 is 0 Å². The van der Waals surface area contributed by atoms with Gasteiger partial charge in [-0.3, -0.25) is 24.0 Å². The summed E-state index contributed by atoms with van der Waals surface area (Å²) in [6.07, 6.45) is -2.38. The van der Waals surface area contributed by atoms with Crippen LogP contribution in [0.15, 0.2) is 36.4 Å². The number of hydrogen-bond acceptors (Lipinski definition) is 7. The van der Waals surface area contributed by atoms with E-state index in [1.807, 2.05) is 0 Å². The van der Waals surface area contributed by atoms with Crippen molar-refractivity contribution in [2.24, 2.45) is 5.92 Å². The van der Waals surface area contributed by atoms with Crippen LogP contribution in [0.3, 0.4) is 0 Å². The lowest BCUT2D eigenvalue weighted by molar-refractivity contribution is -0.141. The predicted octanol–water partition coefficient (Wildman–Crippen LogP) is 1.97. The van der Waals surface area contributed by atoms with Crippen molar-refractivity contribution < 1.29 is 47.3 Å². The number of carbonyl (C=O) groups is 5. The molecule has 3 atom stereocenters. The quantitative estimate of drug-likeness (QED) is 0.372. The van der Waals surface area contributed by atoms with E-state index in [0.717, 1.165) is 23.8 Å². The Morgan fingerprint density at radius 1 is 1.08 bits per heavy atom. The average molecular weight is 532 g/mol. The number of benzene rings is 2. The van der Waals surface area contributed by atoms with E-state index >= 15 is 0 Å². The number of aryl methyl sites for hydroxylation is 1. The minimum absolute atomic E-state index is 0.227. The number of halogens is 2. The normalized spacial score (nSPS) is 15.7. The van der Waals surface area contributed by atoms with Crippen molar-refractivity contribution in [3.63, 3.8) is 0 Å². The van der Waals surface area contributed by atoms with E-state index < -0.39 is 83.9 Å². The summed E-state index contributed by atoms with van der Waals surface area (Å²) in [6, 6.07) is 4.84. The number of fused-ring (bicyclic) bond motifs is 1. The maximum atomic E-state index is 13.8. The van der Waals surface area contributed by atoms with Crippen LogP contribution in [-0.2, 0) is 19.2 Å². The summed E-state index contributed by atoms with van der Waals surface area (Å²) in [5.74, 6) is -8.09. The topological polar surface area (TPSA) is 148 Å². The van der Waals surface area contributed by atoms with Crippen LogP contribution in [0, 0.1) is 24.5 Å². The number of para-hydroxylation sites is 1. The Labute approximate surface area is 216 Å². The van der Waals surface area contributed by atoms with E-state index in [2.05, 4.69) is 10.6 Å². The van der Waals surface area contributed by atoms with Crippen molar-refractivity contribution >= 4 is 29.4 Å². The molecule has 2 aromatic carbocycles. The number of aliphatic carboxylic acids is 1. The van der Waals surface area contributed by atoms with Crippen LogP contribution < -0.4 is 20.1 Å². The zero-order valence-corrected chi connectivity index (χ0v) is 20.7. The zero-order valence-electron chi connectivity index (χ0n) is 20.7. The van der Waals surface area contributed by atoms with Gasteiger partial charge in [0.1, 0.15) is 24.4 Å². The molecule has 0 fully saturated rings. The first kappa shape index (κ1) is 28.2. The Kier molecular flexibility index (Phi) is 8.76. The van der Waals surface area contributed by atoms with Gasteiger partial charge in [0.15, 0.2) is 23.2 Å². The van der Waals surface area contributed by atoms with E-state index in [1.165, 1.54) is 0 Å². The second-order valence-corrected chi connectivity index (χ2v) is 9.06. The summed E-state index contributed by atoms with van der Waals surface area (Å²) in [7, 11) is 0. The predicted molar refractivity (Wildman–Crippen MR) is 128 cm³/mol. The van der Waals surface area contributed by atoms with Gasteiger partial charge in [-0.2, -0.15) is 0 Å². The van der Waals surface area contributed by atoms with Gasteiger partial charge in [0.05, 0.1) is 12.0 Å². The minimum Gasteiger partial charge on any atom is -0.481 e. The first-order chi connectivity index (χ1) is 17.9. The second kappa shape index (κ2) is 11.8. The maximum Gasteiger partial charge on any atom is 0.305 e. The highest BCUT2D eigenvalue weighted by molar-refractivity contribution is 6.16. The fraction of sp³-hybridized carbons (Fsp3) is 0.346. The lowest BCUT2D eigenvalue weighted by Gasteiger charge is -2.25. The summed E-state index contributed by atoms with van der Waals surface area (Å²) in [5, 5.41) is 13.9. The molecular weight excluding hydrogens is 506 g/mol. The third kappa shape index (κ3) is 6.50. The third-order valence-electron chi connectivity index (χ3n) is 5.73. The van der Waals surface area contributed by atoms with Gasteiger partial charge in [0.2, 0.25) is 17.8 Å². The number of ether oxygens (including phenoxy) is 2. The second-order valence-electron chi connectivity index (χ2n) is 9.06. The van der Waals surface area contributed by atoms with Gasteiger partial charge in [0.25, 0.3) is 5.91 Å². The molecule has 0 aromatic heterocycles. The van der Waals surface area contributed by atoms with Crippen molar-refractivity contribution in [3.8, 4) is 11.5 Å². The Balaban J connectivity index is 1.69. The number of amides is 2. The van der Waals surface area contributed by atoms with Gasteiger partial charge >= 0.3 is 5.97 Å². The molecule has 0 saturated heterocycles. The van der Waals surface area contributed by atoms with Crippen LogP contribution in [0.5, 0.6) is 11.5 Å². The third-order valence-corrected chi connectivity index (χ3v) is 5.73. The number of carbonyl (C=O) groups excluding carboxylic acids is 4. The SMILES string of the molecule is Cc1ccc2c(c1)C(=O)C(C(=O)NC(C(=O)N[C@H](CC(=O)O)C(=O)COc1c(F)cccc1F)C(C)C)O2. The molecule has 0 spiro atoms. The summed E-state index contributed by atoms with van der Waals surface area (Å²) in [5.41, 5.74) is 1.02. The highest BCUT2D eigenvalue weighted by atomic mass is 19.1. The van der Waals surface area contributed by atoms with Gasteiger partial charge in [-0.25, -0.2) is 8.78 Å². The molecule has 2 aromatic rings. The fourth-order valence-corrected chi connectivity index (χ4v) is 3.74. The standard InChI is InChI=1S/C26H26F2N2O8/c1-12(2)21(30-26(36)24-22(34)14-9-13(3)7-8-19(14)38-24)25(35)29-17(10-20(32)33)18(31)11-37-23-15(27)5-4-6-16(23)28/h4-9,12,17,21,24H,10-11H2,1-3H3,(H,29,35)(H,30,36)(H,32,33)/t17-,21?,24?/m1/s1. The highest BCUT2D eigenvalue weighted by Gasteiger charge is 2.40. The molecule has 10 nitrogen and oxygen atoms in total. The monoisotopic (exact) mass is 532 g/mol. The molecule has 1 heterocycles. The largest absolute Gasteiger partial charge is 0.481 e. The van der Waals surface area contributed by atoms with Crippen molar-refractivity contribution in [2.75, 3.05) is 6.61 Å². The molecular formula is C26H26F2N2O8. The van der Waals surface area contributed by atoms with E-state index in [9.17, 15) is 37.9 Å². The molecule has 38 heavy (non-hydrogen) atoms. The van der Waals surface area contributed by atoms with Gasteiger partial charge in [-0.1, -0.05) is 31.5 Å². The van der Waals surface area contributed by atoms with Crippen molar-refractivity contribution in [3.05, 3.63) is 59.2 Å². The molecule has 202 valence electrons. The molecule has 12 heteroatoms. The summed E-state index contributed by atoms with van der Waals surface area (Å²) in [6.45, 7) is 4.00. The van der Waals surface area contributed by atoms with Crippen molar-refractivity contribution in [2.45, 2.75) is 45.4 Å². The van der Waals surface area contributed by atoms with E-state index in [4.69, 9.17) is 9.47 Å². The van der Waals surface area contributed by atoms with E-state index in [1.54, 1.807) is 39.0 Å². The molecule has 0 aliphatic carbocycles. The first-order valence-electron chi connectivity index (χ1n) is 11.6. The van der Waals surface area contributed by atoms with Crippen LogP contribution in [0.4, 0.5) is 8.78 Å². The number of carboxylic acid groups (broad SMARTS) is 1. The molecule has 3 rings (SSSR count). The van der Waals surface area contributed by atoms with E-state index in [0.29, 0.717) is 0 Å². The molecule has 3 N–H and O–H groups in total. The number of hydrogen-bond donors (Lipinski definition) is 3.